The smallest absolute Gasteiger partial charge is 0.123 e. The van der Waals surface area contributed by atoms with Gasteiger partial charge >= 0.3 is 0 Å². The van der Waals surface area contributed by atoms with Crippen LogP contribution >= 0.6 is 0 Å². The van der Waals surface area contributed by atoms with E-state index in [9.17, 15) is 4.39 Å². The number of halogens is 1. The minimum absolute atomic E-state index is 0.152. The number of likely N-dealkylation sites (tertiary alicyclic amines) is 1. The van der Waals surface area contributed by atoms with E-state index < -0.39 is 0 Å². The maximum atomic E-state index is 12.8. The number of nitrogens with zero attached hydrogens (tertiary/aromatic N) is 1. The van der Waals surface area contributed by atoms with Gasteiger partial charge in [0.2, 0.25) is 0 Å². The predicted octanol–water partition coefficient (Wildman–Crippen LogP) is 3.76. The first kappa shape index (κ1) is 12.3. The molecule has 92 valence electrons. The highest BCUT2D eigenvalue weighted by atomic mass is 19.1. The second-order valence-electron chi connectivity index (χ2n) is 4.67. The van der Waals surface area contributed by atoms with Crippen molar-refractivity contribution in [2.45, 2.75) is 32.7 Å². The van der Waals surface area contributed by atoms with Crippen LogP contribution in [0.15, 0.2) is 35.9 Å². The number of rotatable bonds is 3. The van der Waals surface area contributed by atoms with Crippen LogP contribution in [0.4, 0.5) is 4.39 Å². The Morgan fingerprint density at radius 1 is 1.18 bits per heavy atom. The molecule has 0 spiro atoms. The summed E-state index contributed by atoms with van der Waals surface area (Å²) < 4.78 is 12.8. The molecule has 0 aliphatic carbocycles. The molecule has 1 fully saturated rings. The zero-order chi connectivity index (χ0) is 12.1. The molecule has 0 radical (unpaired) electrons. The van der Waals surface area contributed by atoms with Crippen molar-refractivity contribution >= 4 is 0 Å². The fourth-order valence-electron chi connectivity index (χ4n) is 2.34. The Morgan fingerprint density at radius 2 is 1.82 bits per heavy atom. The van der Waals surface area contributed by atoms with Crippen molar-refractivity contribution in [2.24, 2.45) is 0 Å². The van der Waals surface area contributed by atoms with Gasteiger partial charge in [0.25, 0.3) is 0 Å². The van der Waals surface area contributed by atoms with Crippen molar-refractivity contribution < 1.29 is 4.39 Å². The van der Waals surface area contributed by atoms with Gasteiger partial charge in [-0.25, -0.2) is 4.39 Å². The lowest BCUT2D eigenvalue weighted by Crippen LogP contribution is -2.30. The molecule has 1 aliphatic rings. The molecule has 2 rings (SSSR count). The van der Waals surface area contributed by atoms with Gasteiger partial charge in [0.15, 0.2) is 0 Å². The van der Waals surface area contributed by atoms with Gasteiger partial charge in [-0.3, -0.25) is 4.90 Å². The van der Waals surface area contributed by atoms with Gasteiger partial charge < -0.3 is 0 Å². The van der Waals surface area contributed by atoms with E-state index in [1.807, 2.05) is 12.1 Å². The summed E-state index contributed by atoms with van der Waals surface area (Å²) in [6, 6.07) is 6.85. The van der Waals surface area contributed by atoms with Crippen LogP contribution in [-0.2, 0) is 6.54 Å². The normalized spacial score (nSPS) is 17.2. The van der Waals surface area contributed by atoms with Crippen LogP contribution in [0.5, 0.6) is 0 Å². The van der Waals surface area contributed by atoms with E-state index in [2.05, 4.69) is 17.9 Å². The van der Waals surface area contributed by atoms with Gasteiger partial charge in [-0.2, -0.15) is 0 Å². The lowest BCUT2D eigenvalue weighted by Gasteiger charge is -2.28. The fourth-order valence-corrected chi connectivity index (χ4v) is 2.34. The molecular formula is C15H20FN. The summed E-state index contributed by atoms with van der Waals surface area (Å²) in [4.78, 5) is 2.44. The van der Waals surface area contributed by atoms with Crippen LogP contribution in [0.25, 0.3) is 0 Å². The van der Waals surface area contributed by atoms with E-state index in [0.717, 1.165) is 26.1 Å². The summed E-state index contributed by atoms with van der Waals surface area (Å²) in [5.41, 5.74) is 2.80. The molecule has 0 amide bonds. The van der Waals surface area contributed by atoms with E-state index in [4.69, 9.17) is 0 Å². The second-order valence-corrected chi connectivity index (χ2v) is 4.67. The standard InChI is InChI=1S/C15H20FN/c1-2-3-13-8-10-17(11-9-13)12-14-4-6-15(16)7-5-14/h3-7H,2,8-12H2,1H3. The molecule has 0 atom stereocenters. The fraction of sp³-hybridized carbons (Fsp3) is 0.467. The topological polar surface area (TPSA) is 3.24 Å². The van der Waals surface area contributed by atoms with Gasteiger partial charge in [-0.05, 0) is 37.0 Å². The molecule has 0 unspecified atom stereocenters. The van der Waals surface area contributed by atoms with Crippen molar-refractivity contribution in [3.63, 3.8) is 0 Å². The zero-order valence-corrected chi connectivity index (χ0v) is 10.5. The highest BCUT2D eigenvalue weighted by Crippen LogP contribution is 2.18. The molecule has 2 heteroatoms. The largest absolute Gasteiger partial charge is 0.298 e. The van der Waals surface area contributed by atoms with Gasteiger partial charge in [-0.15, -0.1) is 0 Å². The first-order valence-corrected chi connectivity index (χ1v) is 6.42. The Bertz CT molecular complexity index is 370. The molecule has 1 saturated heterocycles. The number of piperidine rings is 1. The van der Waals surface area contributed by atoms with E-state index >= 15 is 0 Å². The maximum absolute atomic E-state index is 12.8. The van der Waals surface area contributed by atoms with Gasteiger partial charge in [0.05, 0.1) is 0 Å². The summed E-state index contributed by atoms with van der Waals surface area (Å²) in [6.07, 6.45) is 5.88. The number of hydrogen-bond donors (Lipinski definition) is 0. The van der Waals surface area contributed by atoms with Crippen molar-refractivity contribution in [1.82, 2.24) is 4.90 Å². The monoisotopic (exact) mass is 233 g/mol. The Hall–Kier alpha value is -1.15. The molecule has 0 N–H and O–H groups in total. The molecule has 0 bridgehead atoms. The molecular weight excluding hydrogens is 213 g/mol. The van der Waals surface area contributed by atoms with Crippen LogP contribution in [0.2, 0.25) is 0 Å². The number of benzene rings is 1. The first-order chi connectivity index (χ1) is 8.28. The van der Waals surface area contributed by atoms with E-state index in [1.54, 1.807) is 17.7 Å². The second kappa shape index (κ2) is 5.97. The molecule has 0 aromatic heterocycles. The van der Waals surface area contributed by atoms with Gasteiger partial charge in [0.1, 0.15) is 5.82 Å². The Labute approximate surface area is 103 Å². The van der Waals surface area contributed by atoms with Crippen LogP contribution < -0.4 is 0 Å². The predicted molar refractivity (Wildman–Crippen MR) is 69.3 cm³/mol. The summed E-state index contributed by atoms with van der Waals surface area (Å²) in [7, 11) is 0. The molecule has 1 aliphatic heterocycles. The van der Waals surface area contributed by atoms with E-state index in [-0.39, 0.29) is 5.82 Å². The van der Waals surface area contributed by atoms with E-state index in [1.165, 1.54) is 18.4 Å². The highest BCUT2D eigenvalue weighted by Gasteiger charge is 2.13. The molecule has 0 saturated carbocycles. The molecule has 1 aromatic carbocycles. The zero-order valence-electron chi connectivity index (χ0n) is 10.5. The first-order valence-electron chi connectivity index (χ1n) is 6.42. The summed E-state index contributed by atoms with van der Waals surface area (Å²) in [5, 5.41) is 0. The van der Waals surface area contributed by atoms with Crippen molar-refractivity contribution in [3.8, 4) is 0 Å². The van der Waals surface area contributed by atoms with Crippen molar-refractivity contribution in [2.75, 3.05) is 13.1 Å². The summed E-state index contributed by atoms with van der Waals surface area (Å²) in [6.45, 7) is 5.39. The minimum atomic E-state index is -0.152. The highest BCUT2D eigenvalue weighted by molar-refractivity contribution is 5.16. The SMILES string of the molecule is CCC=C1CCN(Cc2ccc(F)cc2)CC1. The van der Waals surface area contributed by atoms with Gasteiger partial charge in [-0.1, -0.05) is 30.7 Å². The number of allylic oxidation sites excluding steroid dienone is 1. The quantitative estimate of drug-likeness (QED) is 0.718. The minimum Gasteiger partial charge on any atom is -0.298 e. The number of hydrogen-bond acceptors (Lipinski definition) is 1. The van der Waals surface area contributed by atoms with Crippen LogP contribution in [0.3, 0.4) is 0 Å². The average Bonchev–Trinajstić information content (AvgIpc) is 2.35. The molecule has 1 aromatic rings. The van der Waals surface area contributed by atoms with Crippen molar-refractivity contribution in [3.05, 3.63) is 47.3 Å². The third kappa shape index (κ3) is 3.67. The van der Waals surface area contributed by atoms with Crippen LogP contribution in [0.1, 0.15) is 31.7 Å². The maximum Gasteiger partial charge on any atom is 0.123 e. The van der Waals surface area contributed by atoms with Crippen LogP contribution in [-0.4, -0.2) is 18.0 Å². The lowest BCUT2D eigenvalue weighted by molar-refractivity contribution is 0.248. The Kier molecular flexibility index (Phi) is 4.32. The Morgan fingerprint density at radius 3 is 2.41 bits per heavy atom. The Balaban J connectivity index is 1.85. The third-order valence-electron chi connectivity index (χ3n) is 3.31. The summed E-state index contributed by atoms with van der Waals surface area (Å²) >= 11 is 0. The van der Waals surface area contributed by atoms with Crippen LogP contribution in [0, 0.1) is 5.82 Å². The third-order valence-corrected chi connectivity index (χ3v) is 3.31. The lowest BCUT2D eigenvalue weighted by atomic mass is 10.0. The molecule has 17 heavy (non-hydrogen) atoms. The summed E-state index contributed by atoms with van der Waals surface area (Å²) in [5.74, 6) is -0.152. The molecule has 1 heterocycles. The average molecular weight is 233 g/mol. The van der Waals surface area contributed by atoms with E-state index in [0.29, 0.717) is 0 Å². The van der Waals surface area contributed by atoms with Gasteiger partial charge in [0, 0.05) is 19.6 Å². The van der Waals surface area contributed by atoms with Crippen molar-refractivity contribution in [1.29, 1.82) is 0 Å². The molecule has 1 nitrogen and oxygen atoms in total.